The summed E-state index contributed by atoms with van der Waals surface area (Å²) in [5, 5.41) is 0. The van der Waals surface area contributed by atoms with E-state index in [4.69, 9.17) is 18.5 Å². The number of carbonyl (C=O) groups excluding carboxylic acids is 2. The Hall–Kier alpha value is -2.81. The predicted molar refractivity (Wildman–Crippen MR) is 231 cm³/mol. The maximum atomic E-state index is 12.6. The summed E-state index contributed by atoms with van der Waals surface area (Å²) in [6, 6.07) is 0. The Bertz CT molecular complexity index is 1230. The van der Waals surface area contributed by atoms with Gasteiger partial charge in [-0.25, -0.2) is 0 Å². The Morgan fingerprint density at radius 1 is 0.571 bits per heavy atom. The number of ether oxygens (including phenoxy) is 2. The van der Waals surface area contributed by atoms with Crippen LogP contribution in [0, 0.1) is 0 Å². The zero-order chi connectivity index (χ0) is 41.4. The second-order valence-corrected chi connectivity index (χ2v) is 16.4. The highest BCUT2D eigenvalue weighted by molar-refractivity contribution is 7.45. The summed E-state index contributed by atoms with van der Waals surface area (Å²) in [5.74, 6) is -0.954. The number of rotatable bonds is 37. The van der Waals surface area contributed by atoms with Crippen LogP contribution in [0.15, 0.2) is 85.1 Å². The Morgan fingerprint density at radius 2 is 1.04 bits per heavy atom. The molecule has 0 aliphatic rings. The van der Waals surface area contributed by atoms with Gasteiger partial charge in [-0.05, 0) is 83.5 Å². The molecule has 0 amide bonds. The summed E-state index contributed by atoms with van der Waals surface area (Å²) in [7, 11) is 1.10. The fraction of sp³-hybridized carbons (Fsp3) is 0.652. The molecule has 320 valence electrons. The molecule has 9 nitrogen and oxygen atoms in total. The summed E-state index contributed by atoms with van der Waals surface area (Å²) in [4.78, 5) is 37.4. The van der Waals surface area contributed by atoms with E-state index in [1.807, 2.05) is 21.1 Å². The van der Waals surface area contributed by atoms with E-state index in [1.165, 1.54) is 38.5 Å². The fourth-order valence-electron chi connectivity index (χ4n) is 5.07. The first-order chi connectivity index (χ1) is 27.0. The topological polar surface area (TPSA) is 111 Å². The van der Waals surface area contributed by atoms with Crippen LogP contribution in [-0.4, -0.2) is 70.0 Å². The van der Waals surface area contributed by atoms with Crippen LogP contribution >= 0.6 is 7.82 Å². The smallest absolute Gasteiger partial charge is 0.306 e. The number of esters is 2. The molecular weight excluding hydrogens is 725 g/mol. The number of allylic oxidation sites excluding steroid dienone is 14. The molecule has 1 unspecified atom stereocenters. The van der Waals surface area contributed by atoms with Crippen molar-refractivity contribution in [3.05, 3.63) is 85.1 Å². The molecule has 56 heavy (non-hydrogen) atoms. The average Bonchev–Trinajstić information content (AvgIpc) is 3.15. The van der Waals surface area contributed by atoms with Gasteiger partial charge in [0.15, 0.2) is 6.10 Å². The first kappa shape index (κ1) is 53.2. The van der Waals surface area contributed by atoms with Crippen LogP contribution in [0.3, 0.4) is 0 Å². The van der Waals surface area contributed by atoms with E-state index in [-0.39, 0.29) is 26.1 Å². The maximum Gasteiger partial charge on any atom is 0.306 e. The van der Waals surface area contributed by atoms with Gasteiger partial charge < -0.3 is 27.9 Å². The van der Waals surface area contributed by atoms with Crippen molar-refractivity contribution in [2.75, 3.05) is 47.5 Å². The minimum absolute atomic E-state index is 0.0512. The maximum absolute atomic E-state index is 12.6. The van der Waals surface area contributed by atoms with Crippen molar-refractivity contribution in [2.24, 2.45) is 0 Å². The third-order valence-electron chi connectivity index (χ3n) is 8.40. The number of phosphoric ester groups is 1. The van der Waals surface area contributed by atoms with E-state index in [1.54, 1.807) is 0 Å². The van der Waals surface area contributed by atoms with E-state index in [0.717, 1.165) is 64.2 Å². The molecule has 0 aliphatic heterocycles. The first-order valence-electron chi connectivity index (χ1n) is 21.3. The first-order valence-corrected chi connectivity index (χ1v) is 22.8. The van der Waals surface area contributed by atoms with E-state index in [9.17, 15) is 19.0 Å². The normalized spacial score (nSPS) is 14.5. The van der Waals surface area contributed by atoms with Crippen LogP contribution in [0.2, 0.25) is 0 Å². The van der Waals surface area contributed by atoms with Crippen LogP contribution in [-0.2, 0) is 32.7 Å². The lowest BCUT2D eigenvalue weighted by Gasteiger charge is -2.28. The molecule has 0 heterocycles. The second kappa shape index (κ2) is 37.7. The van der Waals surface area contributed by atoms with E-state index in [0.29, 0.717) is 23.9 Å². The zero-order valence-electron chi connectivity index (χ0n) is 35.8. The van der Waals surface area contributed by atoms with E-state index >= 15 is 0 Å². The fourth-order valence-corrected chi connectivity index (χ4v) is 5.80. The van der Waals surface area contributed by atoms with Crippen molar-refractivity contribution in [2.45, 2.75) is 148 Å². The minimum Gasteiger partial charge on any atom is -0.756 e. The van der Waals surface area contributed by atoms with E-state index < -0.39 is 32.5 Å². The summed E-state index contributed by atoms with van der Waals surface area (Å²) in [5.41, 5.74) is 0. The van der Waals surface area contributed by atoms with Gasteiger partial charge in [0.1, 0.15) is 19.8 Å². The quantitative estimate of drug-likeness (QED) is 0.0201. The molecule has 0 bridgehead atoms. The molecular formula is C46H78NO8P. The lowest BCUT2D eigenvalue weighted by molar-refractivity contribution is -0.870. The lowest BCUT2D eigenvalue weighted by Crippen LogP contribution is -2.37. The molecule has 0 rings (SSSR count). The highest BCUT2D eigenvalue weighted by Gasteiger charge is 2.21. The zero-order valence-corrected chi connectivity index (χ0v) is 36.7. The highest BCUT2D eigenvalue weighted by atomic mass is 31.2. The number of nitrogens with zero attached hydrogens (tertiary/aromatic N) is 1. The lowest BCUT2D eigenvalue weighted by atomic mass is 10.1. The largest absolute Gasteiger partial charge is 0.756 e. The van der Waals surface area contributed by atoms with Crippen LogP contribution in [0.25, 0.3) is 0 Å². The minimum atomic E-state index is -4.65. The van der Waals surface area contributed by atoms with Gasteiger partial charge in [0.05, 0.1) is 27.7 Å². The average molecular weight is 804 g/mol. The standard InChI is InChI=1S/C46H78NO8P/c1-6-8-10-12-14-16-18-20-22-23-25-26-28-30-32-34-36-38-45(48)52-42-44(43-54-56(50,51)53-41-40-47(3,4)5)55-46(49)39-37-35-33-31-29-27-24-21-19-17-15-13-11-9-7-2/h9,11,15,17,20-22,24-26,29-32,44H,6-8,10,12-14,16,18-19,23,27-28,33-43H2,1-5H3/b11-9-,17-15-,22-20-,24-21-,26-25-,31-29-,32-30-/t44-/m1/s1. The van der Waals surface area contributed by atoms with Gasteiger partial charge in [-0.2, -0.15) is 0 Å². The molecule has 10 heteroatoms. The molecule has 0 radical (unpaired) electrons. The molecule has 0 saturated heterocycles. The Morgan fingerprint density at radius 3 is 1.57 bits per heavy atom. The van der Waals surface area contributed by atoms with Crippen LogP contribution in [0.5, 0.6) is 0 Å². The van der Waals surface area contributed by atoms with Crippen molar-refractivity contribution in [1.29, 1.82) is 0 Å². The molecule has 0 aromatic carbocycles. The number of hydrogen-bond donors (Lipinski definition) is 0. The molecule has 0 spiro atoms. The molecule has 0 saturated carbocycles. The third kappa shape index (κ3) is 40.8. The van der Waals surface area contributed by atoms with Gasteiger partial charge in [0.2, 0.25) is 0 Å². The predicted octanol–water partition coefficient (Wildman–Crippen LogP) is 11.4. The third-order valence-corrected chi connectivity index (χ3v) is 9.36. The summed E-state index contributed by atoms with van der Waals surface area (Å²) in [6.07, 6.45) is 47.7. The summed E-state index contributed by atoms with van der Waals surface area (Å²) >= 11 is 0. The van der Waals surface area contributed by atoms with Crippen LogP contribution < -0.4 is 4.89 Å². The number of unbranched alkanes of at least 4 members (excludes halogenated alkanes) is 9. The van der Waals surface area contributed by atoms with Gasteiger partial charge in [0.25, 0.3) is 7.82 Å². The van der Waals surface area contributed by atoms with Gasteiger partial charge in [-0.3, -0.25) is 14.2 Å². The molecule has 0 aromatic heterocycles. The number of carbonyl (C=O) groups is 2. The Labute approximate surface area is 341 Å². The van der Waals surface area contributed by atoms with Gasteiger partial charge in [-0.15, -0.1) is 0 Å². The Balaban J connectivity index is 4.55. The van der Waals surface area contributed by atoms with E-state index in [2.05, 4.69) is 98.9 Å². The van der Waals surface area contributed by atoms with Gasteiger partial charge >= 0.3 is 11.9 Å². The molecule has 0 N–H and O–H groups in total. The molecule has 0 aliphatic carbocycles. The monoisotopic (exact) mass is 804 g/mol. The number of likely N-dealkylation sites (N-methyl/N-ethyl adjacent to an activating group) is 1. The summed E-state index contributed by atoms with van der Waals surface area (Å²) < 4.78 is 33.7. The number of phosphoric acid groups is 1. The number of hydrogen-bond acceptors (Lipinski definition) is 8. The van der Waals surface area contributed by atoms with Crippen molar-refractivity contribution in [1.82, 2.24) is 0 Å². The van der Waals surface area contributed by atoms with Crippen molar-refractivity contribution in [3.8, 4) is 0 Å². The van der Waals surface area contributed by atoms with Crippen LogP contribution in [0.4, 0.5) is 0 Å². The SMILES string of the molecule is CC/C=C\C/C=C\C/C=C\C/C=C\CCCCC(=O)O[C@H](COC(=O)CCC/C=C\C/C=C\C/C=C\CCCCCCCC)COP(=O)([O-])OCC[N+](C)(C)C. The Kier molecular flexibility index (Phi) is 35.9. The van der Waals surface area contributed by atoms with Crippen molar-refractivity contribution >= 4 is 19.8 Å². The van der Waals surface area contributed by atoms with Crippen LogP contribution in [0.1, 0.15) is 142 Å². The summed E-state index contributed by atoms with van der Waals surface area (Å²) in [6.45, 7) is 3.97. The molecule has 2 atom stereocenters. The van der Waals surface area contributed by atoms with Gasteiger partial charge in [-0.1, -0.05) is 131 Å². The highest BCUT2D eigenvalue weighted by Crippen LogP contribution is 2.38. The second-order valence-electron chi connectivity index (χ2n) is 15.0. The number of quaternary nitrogens is 1. The molecule has 0 fully saturated rings. The molecule has 0 aromatic rings. The van der Waals surface area contributed by atoms with Crippen molar-refractivity contribution in [3.63, 3.8) is 0 Å². The van der Waals surface area contributed by atoms with Gasteiger partial charge in [0, 0.05) is 12.8 Å². The van der Waals surface area contributed by atoms with Crippen molar-refractivity contribution < 1.29 is 42.1 Å².